The molecule has 21 heavy (non-hydrogen) atoms. The van der Waals surface area contributed by atoms with E-state index >= 15 is 0 Å². The molecule has 0 unspecified atom stereocenters. The van der Waals surface area contributed by atoms with Gasteiger partial charge in [0, 0.05) is 31.7 Å². The van der Waals surface area contributed by atoms with E-state index in [1.807, 2.05) is 6.92 Å². The number of nitrogens with one attached hydrogen (secondary N) is 1. The molecule has 0 aromatic heterocycles. The zero-order chi connectivity index (χ0) is 14.9. The van der Waals surface area contributed by atoms with Crippen molar-refractivity contribution in [3.8, 4) is 0 Å². The zero-order valence-electron chi connectivity index (χ0n) is 13.3. The summed E-state index contributed by atoms with van der Waals surface area (Å²) in [5.41, 5.74) is 2.38. The molecular formula is C18H28N2O. The third-order valence-electron chi connectivity index (χ3n) is 5.32. The van der Waals surface area contributed by atoms with Gasteiger partial charge < -0.3 is 10.4 Å². The molecule has 1 aliphatic heterocycles. The van der Waals surface area contributed by atoms with Crippen LogP contribution in [0.5, 0.6) is 0 Å². The average Bonchev–Trinajstić information content (AvgIpc) is 2.48. The highest BCUT2D eigenvalue weighted by atomic mass is 16.3. The third kappa shape index (κ3) is 3.47. The first-order valence-electron chi connectivity index (χ1n) is 8.30. The molecule has 1 heterocycles. The van der Waals surface area contributed by atoms with Gasteiger partial charge in [0.25, 0.3) is 0 Å². The number of hydrogen-bond donors (Lipinski definition) is 2. The minimum atomic E-state index is -0.431. The summed E-state index contributed by atoms with van der Waals surface area (Å²) in [7, 11) is 0. The predicted octanol–water partition coefficient (Wildman–Crippen LogP) is 2.63. The van der Waals surface area contributed by atoms with Crippen LogP contribution >= 0.6 is 0 Å². The molecule has 0 spiro atoms. The minimum Gasteiger partial charge on any atom is -0.390 e. The second-order valence-electron chi connectivity index (χ2n) is 7.09. The summed E-state index contributed by atoms with van der Waals surface area (Å²) in [6.45, 7) is 7.48. The fourth-order valence-corrected chi connectivity index (χ4v) is 3.88. The van der Waals surface area contributed by atoms with Crippen molar-refractivity contribution in [1.82, 2.24) is 10.2 Å². The highest BCUT2D eigenvalue weighted by molar-refractivity contribution is 5.29. The Bertz CT molecular complexity index is 476. The van der Waals surface area contributed by atoms with E-state index in [1.54, 1.807) is 0 Å². The summed E-state index contributed by atoms with van der Waals surface area (Å²) >= 11 is 0. The number of aryl methyl sites for hydroxylation is 1. The molecule has 0 amide bonds. The Hall–Kier alpha value is -0.900. The maximum absolute atomic E-state index is 10.1. The van der Waals surface area contributed by atoms with E-state index in [-0.39, 0.29) is 0 Å². The summed E-state index contributed by atoms with van der Waals surface area (Å²) in [4.78, 5) is 2.64. The van der Waals surface area contributed by atoms with Gasteiger partial charge in [-0.15, -0.1) is 0 Å². The molecule has 3 rings (SSSR count). The number of piperazine rings is 1. The Balaban J connectivity index is 1.65. The highest BCUT2D eigenvalue weighted by Crippen LogP contribution is 2.32. The topological polar surface area (TPSA) is 35.5 Å². The van der Waals surface area contributed by atoms with Crippen LogP contribution in [0.4, 0.5) is 0 Å². The van der Waals surface area contributed by atoms with Gasteiger partial charge in [0.05, 0.1) is 5.60 Å². The fraction of sp³-hybridized carbons (Fsp3) is 0.667. The predicted molar refractivity (Wildman–Crippen MR) is 86.4 cm³/mol. The lowest BCUT2D eigenvalue weighted by molar-refractivity contribution is -0.00993. The van der Waals surface area contributed by atoms with E-state index in [1.165, 1.54) is 11.1 Å². The van der Waals surface area contributed by atoms with Crippen molar-refractivity contribution in [2.75, 3.05) is 19.6 Å². The van der Waals surface area contributed by atoms with Crippen LogP contribution in [-0.2, 0) is 0 Å². The smallest absolute Gasteiger partial charge is 0.0621 e. The first kappa shape index (κ1) is 15.0. The maximum atomic E-state index is 10.1. The van der Waals surface area contributed by atoms with E-state index in [4.69, 9.17) is 0 Å². The Morgan fingerprint density at radius 1 is 1.24 bits per heavy atom. The monoisotopic (exact) mass is 288 g/mol. The summed E-state index contributed by atoms with van der Waals surface area (Å²) in [6, 6.07) is 9.81. The quantitative estimate of drug-likeness (QED) is 0.878. The van der Waals surface area contributed by atoms with Gasteiger partial charge in [-0.2, -0.15) is 0 Å². The van der Waals surface area contributed by atoms with Crippen molar-refractivity contribution < 1.29 is 5.11 Å². The maximum Gasteiger partial charge on any atom is 0.0621 e. The molecule has 3 nitrogen and oxygen atoms in total. The second-order valence-corrected chi connectivity index (χ2v) is 7.09. The van der Waals surface area contributed by atoms with Gasteiger partial charge in [-0.25, -0.2) is 0 Å². The van der Waals surface area contributed by atoms with E-state index in [9.17, 15) is 5.11 Å². The molecule has 3 heteroatoms. The van der Waals surface area contributed by atoms with Gasteiger partial charge in [-0.05, 0) is 50.7 Å². The SMILES string of the molecule is Cc1ccccc1[C@@H]1CN(C2CCC(C)(O)CC2)CCN1. The van der Waals surface area contributed by atoms with E-state index < -0.39 is 5.60 Å². The number of rotatable bonds is 2. The van der Waals surface area contributed by atoms with Gasteiger partial charge in [-0.3, -0.25) is 4.90 Å². The molecule has 2 fully saturated rings. The van der Waals surface area contributed by atoms with Crippen molar-refractivity contribution in [3.05, 3.63) is 35.4 Å². The lowest BCUT2D eigenvalue weighted by Gasteiger charge is -2.43. The Kier molecular flexibility index (Phi) is 4.34. The molecule has 1 aromatic rings. The van der Waals surface area contributed by atoms with Crippen LogP contribution in [0, 0.1) is 6.92 Å². The van der Waals surface area contributed by atoms with Crippen molar-refractivity contribution >= 4 is 0 Å². The number of nitrogens with zero attached hydrogens (tertiary/aromatic N) is 1. The normalized spacial score (nSPS) is 34.8. The summed E-state index contributed by atoms with van der Waals surface area (Å²) in [5, 5.41) is 13.8. The molecule has 2 N–H and O–H groups in total. The Morgan fingerprint density at radius 2 is 1.95 bits per heavy atom. The van der Waals surface area contributed by atoms with E-state index in [0.29, 0.717) is 12.1 Å². The van der Waals surface area contributed by atoms with Crippen LogP contribution in [0.1, 0.15) is 49.8 Å². The van der Waals surface area contributed by atoms with Gasteiger partial charge in [0.15, 0.2) is 0 Å². The molecule has 0 radical (unpaired) electrons. The average molecular weight is 288 g/mol. The van der Waals surface area contributed by atoms with Crippen molar-refractivity contribution in [2.45, 2.75) is 57.2 Å². The van der Waals surface area contributed by atoms with Gasteiger partial charge in [-0.1, -0.05) is 24.3 Å². The van der Waals surface area contributed by atoms with Crippen LogP contribution in [0.15, 0.2) is 24.3 Å². The number of benzene rings is 1. The van der Waals surface area contributed by atoms with E-state index in [2.05, 4.69) is 41.4 Å². The zero-order valence-corrected chi connectivity index (χ0v) is 13.3. The van der Waals surface area contributed by atoms with Crippen LogP contribution < -0.4 is 5.32 Å². The third-order valence-corrected chi connectivity index (χ3v) is 5.32. The van der Waals surface area contributed by atoms with Gasteiger partial charge in [0.2, 0.25) is 0 Å². The Morgan fingerprint density at radius 3 is 2.67 bits per heavy atom. The lowest BCUT2D eigenvalue weighted by Crippen LogP contribution is -2.52. The minimum absolute atomic E-state index is 0.431. The van der Waals surface area contributed by atoms with Crippen molar-refractivity contribution in [2.24, 2.45) is 0 Å². The lowest BCUT2D eigenvalue weighted by atomic mass is 9.82. The molecule has 1 saturated carbocycles. The van der Waals surface area contributed by atoms with E-state index in [0.717, 1.165) is 45.3 Å². The highest BCUT2D eigenvalue weighted by Gasteiger charge is 2.33. The number of aliphatic hydroxyl groups is 1. The van der Waals surface area contributed by atoms with Crippen molar-refractivity contribution in [3.63, 3.8) is 0 Å². The second kappa shape index (κ2) is 6.07. The molecule has 2 aliphatic rings. The number of hydrogen-bond acceptors (Lipinski definition) is 3. The summed E-state index contributed by atoms with van der Waals surface area (Å²) < 4.78 is 0. The van der Waals surface area contributed by atoms with Gasteiger partial charge >= 0.3 is 0 Å². The molecule has 1 aromatic carbocycles. The first-order chi connectivity index (χ1) is 10.1. The molecule has 0 bridgehead atoms. The first-order valence-corrected chi connectivity index (χ1v) is 8.30. The van der Waals surface area contributed by atoms with Crippen molar-refractivity contribution in [1.29, 1.82) is 0 Å². The molecule has 1 aliphatic carbocycles. The summed E-state index contributed by atoms with van der Waals surface area (Å²) in [5.74, 6) is 0. The molecule has 1 saturated heterocycles. The molecular weight excluding hydrogens is 260 g/mol. The van der Waals surface area contributed by atoms with Crippen LogP contribution in [-0.4, -0.2) is 41.3 Å². The fourth-order valence-electron chi connectivity index (χ4n) is 3.88. The Labute approximate surface area is 128 Å². The molecule has 116 valence electrons. The standard InChI is InChI=1S/C18H28N2O/c1-14-5-3-4-6-16(14)17-13-20(12-11-19-17)15-7-9-18(2,21)10-8-15/h3-6,15,17,19,21H,7-13H2,1-2H3/t15?,17-,18?/m0/s1. The molecule has 1 atom stereocenters. The largest absolute Gasteiger partial charge is 0.390 e. The van der Waals surface area contributed by atoms with Gasteiger partial charge in [0.1, 0.15) is 0 Å². The summed E-state index contributed by atoms with van der Waals surface area (Å²) in [6.07, 6.45) is 4.15. The van der Waals surface area contributed by atoms with Crippen LogP contribution in [0.3, 0.4) is 0 Å². The van der Waals surface area contributed by atoms with Crippen LogP contribution in [0.25, 0.3) is 0 Å². The van der Waals surface area contributed by atoms with Crippen LogP contribution in [0.2, 0.25) is 0 Å².